The number of hydrogen-bond donors (Lipinski definition) is 0. The molecule has 0 atom stereocenters. The summed E-state index contributed by atoms with van der Waals surface area (Å²) < 4.78 is 36.2. The third-order valence-corrected chi connectivity index (χ3v) is 3.25. The van der Waals surface area contributed by atoms with Crippen LogP contribution in [0.2, 0.25) is 0 Å². The Balaban J connectivity index is 2.05. The number of ketones is 1. The molecule has 1 aromatic carbocycles. The smallest absolute Gasteiger partial charge is 0.299 e. The Bertz CT molecular complexity index is 404. The lowest BCUT2D eigenvalue weighted by atomic mass is 9.89. The molecule has 0 aliphatic heterocycles. The van der Waals surface area contributed by atoms with Gasteiger partial charge in [0.2, 0.25) is 0 Å². The van der Waals surface area contributed by atoms with Gasteiger partial charge in [-0.3, -0.25) is 4.79 Å². The fourth-order valence-electron chi connectivity index (χ4n) is 2.11. The first-order valence-corrected chi connectivity index (χ1v) is 5.60. The third-order valence-electron chi connectivity index (χ3n) is 3.25. The Kier molecular flexibility index (Phi) is 2.98. The second kappa shape index (κ2) is 4.17. The summed E-state index contributed by atoms with van der Waals surface area (Å²) in [6.07, 6.45) is -4.32. The van der Waals surface area contributed by atoms with Crippen molar-refractivity contribution in [2.75, 3.05) is 0 Å². The number of halogens is 3. The highest BCUT2D eigenvalue weighted by Gasteiger charge is 2.50. The van der Waals surface area contributed by atoms with Crippen LogP contribution in [-0.2, 0) is 10.2 Å². The van der Waals surface area contributed by atoms with E-state index in [9.17, 15) is 18.0 Å². The highest BCUT2D eigenvalue weighted by Crippen LogP contribution is 2.50. The molecule has 2 rings (SSSR count). The molecule has 0 aromatic heterocycles. The highest BCUT2D eigenvalue weighted by atomic mass is 19.4. The van der Waals surface area contributed by atoms with Gasteiger partial charge in [-0.25, -0.2) is 0 Å². The molecule has 4 heteroatoms. The Morgan fingerprint density at radius 3 is 2.24 bits per heavy atom. The van der Waals surface area contributed by atoms with Gasteiger partial charge in [-0.2, -0.15) is 13.2 Å². The van der Waals surface area contributed by atoms with Gasteiger partial charge in [0.25, 0.3) is 0 Å². The van der Waals surface area contributed by atoms with Crippen molar-refractivity contribution in [3.63, 3.8) is 0 Å². The van der Waals surface area contributed by atoms with E-state index in [1.165, 1.54) is 0 Å². The summed E-state index contributed by atoms with van der Waals surface area (Å²) in [5.41, 5.74) is 0.235. The molecule has 0 bridgehead atoms. The van der Waals surface area contributed by atoms with E-state index in [0.29, 0.717) is 12.8 Å². The normalized spacial score (nSPS) is 17.8. The number of benzene rings is 1. The summed E-state index contributed by atoms with van der Waals surface area (Å²) in [6, 6.07) is 9.09. The third kappa shape index (κ3) is 2.68. The van der Waals surface area contributed by atoms with Crippen LogP contribution in [0.25, 0.3) is 0 Å². The molecule has 1 aliphatic rings. The molecule has 0 radical (unpaired) electrons. The van der Waals surface area contributed by atoms with E-state index in [4.69, 9.17) is 0 Å². The molecule has 0 N–H and O–H groups in total. The molecule has 0 amide bonds. The highest BCUT2D eigenvalue weighted by molar-refractivity contribution is 5.93. The molecule has 92 valence electrons. The van der Waals surface area contributed by atoms with E-state index >= 15 is 0 Å². The SMILES string of the molecule is O=C(CCC(F)(F)F)C1(c2ccccc2)CC1. The van der Waals surface area contributed by atoms with Gasteiger partial charge in [0.15, 0.2) is 0 Å². The minimum absolute atomic E-state index is 0.277. The molecule has 0 unspecified atom stereocenters. The zero-order valence-corrected chi connectivity index (χ0v) is 9.26. The number of carbonyl (C=O) groups is 1. The van der Waals surface area contributed by atoms with Crippen LogP contribution in [0, 0.1) is 0 Å². The van der Waals surface area contributed by atoms with E-state index in [1.54, 1.807) is 0 Å². The van der Waals surface area contributed by atoms with Crippen LogP contribution >= 0.6 is 0 Å². The molecule has 1 nitrogen and oxygen atoms in total. The maximum atomic E-state index is 12.1. The molecule has 1 aromatic rings. The van der Waals surface area contributed by atoms with Crippen molar-refractivity contribution in [3.05, 3.63) is 35.9 Å². The van der Waals surface area contributed by atoms with Crippen LogP contribution in [0.15, 0.2) is 30.3 Å². The first kappa shape index (κ1) is 12.1. The standard InChI is InChI=1S/C13H13F3O/c14-13(15,16)7-6-11(17)12(8-9-12)10-4-2-1-3-5-10/h1-5H,6-9H2. The maximum absolute atomic E-state index is 12.1. The van der Waals surface area contributed by atoms with Crippen molar-refractivity contribution in [1.82, 2.24) is 0 Å². The Labute approximate surface area is 97.6 Å². The summed E-state index contributed by atoms with van der Waals surface area (Å²) in [5.74, 6) is -0.277. The summed E-state index contributed by atoms with van der Waals surface area (Å²) in [5, 5.41) is 0. The van der Waals surface area contributed by atoms with Gasteiger partial charge in [-0.05, 0) is 18.4 Å². The van der Waals surface area contributed by atoms with Crippen LogP contribution < -0.4 is 0 Å². The lowest BCUT2D eigenvalue weighted by molar-refractivity contribution is -0.144. The van der Waals surface area contributed by atoms with Gasteiger partial charge < -0.3 is 0 Å². The predicted octanol–water partition coefficient (Wildman–Crippen LogP) is 3.63. The number of Topliss-reactive ketones (excluding diaryl/α,β-unsaturated/α-hetero) is 1. The van der Waals surface area contributed by atoms with E-state index < -0.39 is 24.4 Å². The van der Waals surface area contributed by atoms with Crippen LogP contribution in [0.5, 0.6) is 0 Å². The van der Waals surface area contributed by atoms with Gasteiger partial charge in [0.05, 0.1) is 11.8 Å². The van der Waals surface area contributed by atoms with Crippen LogP contribution in [0.1, 0.15) is 31.2 Å². The van der Waals surface area contributed by atoms with Crippen LogP contribution in [-0.4, -0.2) is 12.0 Å². The second-order valence-corrected chi connectivity index (χ2v) is 4.49. The number of hydrogen-bond acceptors (Lipinski definition) is 1. The van der Waals surface area contributed by atoms with Gasteiger partial charge in [-0.1, -0.05) is 30.3 Å². The zero-order chi connectivity index (χ0) is 12.5. The van der Waals surface area contributed by atoms with Crippen molar-refractivity contribution in [1.29, 1.82) is 0 Å². The topological polar surface area (TPSA) is 17.1 Å². The maximum Gasteiger partial charge on any atom is 0.389 e. The second-order valence-electron chi connectivity index (χ2n) is 4.49. The number of alkyl halides is 3. The number of carbonyl (C=O) groups excluding carboxylic acids is 1. The van der Waals surface area contributed by atoms with Crippen LogP contribution in [0.4, 0.5) is 13.2 Å². The first-order valence-electron chi connectivity index (χ1n) is 5.60. The molecule has 0 saturated heterocycles. The fraction of sp³-hybridized carbons (Fsp3) is 0.462. The van der Waals surface area contributed by atoms with E-state index in [1.807, 2.05) is 30.3 Å². The predicted molar refractivity (Wildman–Crippen MR) is 57.7 cm³/mol. The monoisotopic (exact) mass is 242 g/mol. The lowest BCUT2D eigenvalue weighted by Crippen LogP contribution is -2.22. The van der Waals surface area contributed by atoms with E-state index in [-0.39, 0.29) is 5.78 Å². The summed E-state index contributed by atoms with van der Waals surface area (Å²) in [4.78, 5) is 11.9. The quantitative estimate of drug-likeness (QED) is 0.788. The first-order chi connectivity index (χ1) is 7.94. The molecular formula is C13H13F3O. The van der Waals surface area contributed by atoms with Crippen molar-refractivity contribution in [2.24, 2.45) is 0 Å². The van der Waals surface area contributed by atoms with Crippen molar-refractivity contribution < 1.29 is 18.0 Å². The minimum Gasteiger partial charge on any atom is -0.299 e. The molecule has 0 spiro atoms. The van der Waals surface area contributed by atoms with Crippen molar-refractivity contribution in [2.45, 2.75) is 37.3 Å². The summed E-state index contributed by atoms with van der Waals surface area (Å²) in [7, 11) is 0. The summed E-state index contributed by atoms with van der Waals surface area (Å²) >= 11 is 0. The number of rotatable bonds is 4. The van der Waals surface area contributed by atoms with E-state index in [0.717, 1.165) is 5.56 Å². The van der Waals surface area contributed by atoms with Gasteiger partial charge >= 0.3 is 6.18 Å². The van der Waals surface area contributed by atoms with Crippen molar-refractivity contribution >= 4 is 5.78 Å². The van der Waals surface area contributed by atoms with Crippen molar-refractivity contribution in [3.8, 4) is 0 Å². The van der Waals surface area contributed by atoms with Crippen LogP contribution in [0.3, 0.4) is 0 Å². The van der Waals surface area contributed by atoms with E-state index in [2.05, 4.69) is 0 Å². The largest absolute Gasteiger partial charge is 0.389 e. The Hall–Kier alpha value is -1.32. The zero-order valence-electron chi connectivity index (χ0n) is 9.26. The fourth-order valence-corrected chi connectivity index (χ4v) is 2.11. The Morgan fingerprint density at radius 1 is 1.18 bits per heavy atom. The summed E-state index contributed by atoms with van der Waals surface area (Å²) in [6.45, 7) is 0. The lowest BCUT2D eigenvalue weighted by Gasteiger charge is -2.15. The average Bonchev–Trinajstić information content (AvgIpc) is 3.07. The average molecular weight is 242 g/mol. The minimum atomic E-state index is -4.25. The molecular weight excluding hydrogens is 229 g/mol. The molecule has 17 heavy (non-hydrogen) atoms. The Morgan fingerprint density at radius 2 is 1.76 bits per heavy atom. The molecule has 0 heterocycles. The van der Waals surface area contributed by atoms with Gasteiger partial charge in [-0.15, -0.1) is 0 Å². The van der Waals surface area contributed by atoms with Gasteiger partial charge in [0.1, 0.15) is 5.78 Å². The van der Waals surface area contributed by atoms with Gasteiger partial charge in [0, 0.05) is 6.42 Å². The molecule has 1 fully saturated rings. The molecule has 1 aliphatic carbocycles. The molecule has 1 saturated carbocycles.